The molecule has 0 unspecified atom stereocenters. The van der Waals surface area contributed by atoms with Crippen LogP contribution in [0.2, 0.25) is 0 Å². The maximum Gasteiger partial charge on any atom is 0.227 e. The van der Waals surface area contributed by atoms with E-state index in [1.807, 2.05) is 0 Å². The predicted octanol–water partition coefficient (Wildman–Crippen LogP) is 1.79. The molecule has 2 aromatic rings. The fourth-order valence-corrected chi connectivity index (χ4v) is 2.31. The number of nitrogens with one attached hydrogen (secondary N) is 1. The average Bonchev–Trinajstić information content (AvgIpc) is 2.63. The third kappa shape index (κ3) is 2.02. The smallest absolute Gasteiger partial charge is 0.227 e. The van der Waals surface area contributed by atoms with Crippen molar-refractivity contribution in [1.29, 1.82) is 5.26 Å². The number of thioether (sulfide) groups is 1. The molecule has 0 aliphatic carbocycles. The molecule has 0 bridgehead atoms. The summed E-state index contributed by atoms with van der Waals surface area (Å²) in [6.45, 7) is 3.16. The summed E-state index contributed by atoms with van der Waals surface area (Å²) in [7, 11) is 1.48. The summed E-state index contributed by atoms with van der Waals surface area (Å²) in [5.74, 6) is 0.866. The van der Waals surface area contributed by atoms with Crippen molar-refractivity contribution in [2.75, 3.05) is 7.11 Å². The molecule has 18 heavy (non-hydrogen) atoms. The van der Waals surface area contributed by atoms with E-state index in [9.17, 15) is 10.1 Å². The number of nitriles is 1. The number of carbonyl (C=O) groups excluding carboxylic acids is 1. The molecule has 2 rings (SSSR count). The van der Waals surface area contributed by atoms with Crippen LogP contribution in [0.3, 0.4) is 0 Å². The van der Waals surface area contributed by atoms with E-state index in [1.54, 1.807) is 6.92 Å². The quantitative estimate of drug-likeness (QED) is 0.829. The number of nitrogens with zero attached hydrogens (tertiary/aromatic N) is 3. The van der Waals surface area contributed by atoms with Crippen molar-refractivity contribution in [2.24, 2.45) is 0 Å². The van der Waals surface area contributed by atoms with Crippen LogP contribution >= 0.6 is 11.8 Å². The highest BCUT2D eigenvalue weighted by molar-refractivity contribution is 8.13. The molecular weight excluding hydrogens is 252 g/mol. The summed E-state index contributed by atoms with van der Waals surface area (Å²) in [6.07, 6.45) is 0. The Morgan fingerprint density at radius 2 is 2.22 bits per heavy atom. The lowest BCUT2D eigenvalue weighted by Gasteiger charge is -2.01. The molecule has 2 aromatic heterocycles. The maximum atomic E-state index is 11.1. The maximum absolute atomic E-state index is 11.1. The molecule has 0 spiro atoms. The van der Waals surface area contributed by atoms with Gasteiger partial charge in [-0.15, -0.1) is 0 Å². The van der Waals surface area contributed by atoms with Crippen LogP contribution in [0.25, 0.3) is 11.0 Å². The molecule has 0 amide bonds. The van der Waals surface area contributed by atoms with Crippen LogP contribution in [0.5, 0.6) is 5.88 Å². The summed E-state index contributed by atoms with van der Waals surface area (Å²) in [6, 6.07) is 2.05. The Morgan fingerprint density at radius 3 is 2.78 bits per heavy atom. The number of methoxy groups -OCH3 is 1. The molecule has 0 atom stereocenters. The van der Waals surface area contributed by atoms with Gasteiger partial charge in [-0.05, 0) is 18.7 Å². The zero-order chi connectivity index (χ0) is 13.3. The minimum atomic E-state index is -0.110. The molecule has 1 N–H and O–H groups in total. The van der Waals surface area contributed by atoms with Crippen molar-refractivity contribution in [3.05, 3.63) is 11.4 Å². The van der Waals surface area contributed by atoms with Crippen LogP contribution in [0.1, 0.15) is 18.3 Å². The number of aromatic amines is 1. The molecular formula is C11H10N4O2S. The minimum Gasteiger partial charge on any atom is -0.480 e. The van der Waals surface area contributed by atoms with Crippen LogP contribution < -0.4 is 4.74 Å². The minimum absolute atomic E-state index is 0.110. The van der Waals surface area contributed by atoms with Gasteiger partial charge in [0.1, 0.15) is 22.6 Å². The first-order chi connectivity index (χ1) is 8.56. The number of hydrogen-bond acceptors (Lipinski definition) is 6. The van der Waals surface area contributed by atoms with Gasteiger partial charge in [-0.2, -0.15) is 10.2 Å². The van der Waals surface area contributed by atoms with Gasteiger partial charge < -0.3 is 9.72 Å². The first kappa shape index (κ1) is 12.4. The highest BCUT2D eigenvalue weighted by atomic mass is 32.2. The Labute approximate surface area is 107 Å². The van der Waals surface area contributed by atoms with Gasteiger partial charge in [-0.3, -0.25) is 4.79 Å². The molecule has 92 valence electrons. The molecule has 0 saturated heterocycles. The summed E-state index contributed by atoms with van der Waals surface area (Å²) in [5, 5.41) is 10.1. The molecule has 0 aromatic carbocycles. The standard InChI is InChI=1S/C11H10N4O2S/c1-5-13-9-8(10(14-5)17-3)7(4-12)11(15-9)18-6(2)16/h1-3H3,(H,13,14,15). The lowest BCUT2D eigenvalue weighted by Crippen LogP contribution is -1.94. The van der Waals surface area contributed by atoms with Gasteiger partial charge in [0.25, 0.3) is 0 Å². The van der Waals surface area contributed by atoms with Gasteiger partial charge in [0.15, 0.2) is 5.12 Å². The van der Waals surface area contributed by atoms with E-state index in [4.69, 9.17) is 4.74 Å². The molecule has 0 aliphatic rings. The Morgan fingerprint density at radius 1 is 1.50 bits per heavy atom. The highest BCUT2D eigenvalue weighted by Crippen LogP contribution is 2.33. The van der Waals surface area contributed by atoms with Crippen molar-refractivity contribution in [3.8, 4) is 11.9 Å². The van der Waals surface area contributed by atoms with Crippen LogP contribution in [-0.4, -0.2) is 27.2 Å². The van der Waals surface area contributed by atoms with Gasteiger partial charge in [0.05, 0.1) is 18.1 Å². The van der Waals surface area contributed by atoms with E-state index < -0.39 is 0 Å². The van der Waals surface area contributed by atoms with E-state index in [0.29, 0.717) is 33.3 Å². The average molecular weight is 262 g/mol. The van der Waals surface area contributed by atoms with E-state index in [2.05, 4.69) is 21.0 Å². The van der Waals surface area contributed by atoms with E-state index in [0.717, 1.165) is 11.8 Å². The predicted molar refractivity (Wildman–Crippen MR) is 66.4 cm³/mol. The summed E-state index contributed by atoms with van der Waals surface area (Å²) >= 11 is 0.960. The fraction of sp³-hybridized carbons (Fsp3) is 0.273. The lowest BCUT2D eigenvalue weighted by atomic mass is 10.2. The highest BCUT2D eigenvalue weighted by Gasteiger charge is 2.19. The second kappa shape index (κ2) is 4.66. The zero-order valence-electron chi connectivity index (χ0n) is 10.1. The van der Waals surface area contributed by atoms with Crippen LogP contribution in [0.4, 0.5) is 0 Å². The van der Waals surface area contributed by atoms with Gasteiger partial charge in [0, 0.05) is 6.92 Å². The van der Waals surface area contributed by atoms with Crippen molar-refractivity contribution in [3.63, 3.8) is 0 Å². The van der Waals surface area contributed by atoms with E-state index in [1.165, 1.54) is 14.0 Å². The molecule has 0 fully saturated rings. The van der Waals surface area contributed by atoms with E-state index in [-0.39, 0.29) is 5.12 Å². The number of ether oxygens (including phenoxy) is 1. The number of carbonyl (C=O) groups is 1. The number of H-pyrrole nitrogens is 1. The number of rotatable bonds is 2. The number of hydrogen-bond donors (Lipinski definition) is 1. The van der Waals surface area contributed by atoms with Gasteiger partial charge in [-0.1, -0.05) is 0 Å². The fourth-order valence-electron chi connectivity index (χ4n) is 1.62. The van der Waals surface area contributed by atoms with Crippen molar-refractivity contribution < 1.29 is 9.53 Å². The molecule has 7 heteroatoms. The second-order valence-electron chi connectivity index (χ2n) is 3.54. The Balaban J connectivity index is 2.77. The normalized spacial score (nSPS) is 10.3. The Kier molecular flexibility index (Phi) is 3.21. The summed E-state index contributed by atoms with van der Waals surface area (Å²) < 4.78 is 5.15. The van der Waals surface area contributed by atoms with Gasteiger partial charge >= 0.3 is 0 Å². The van der Waals surface area contributed by atoms with Crippen LogP contribution in [0.15, 0.2) is 5.03 Å². The third-order valence-electron chi connectivity index (χ3n) is 2.25. The van der Waals surface area contributed by atoms with E-state index >= 15 is 0 Å². The molecule has 0 radical (unpaired) electrons. The van der Waals surface area contributed by atoms with Crippen LogP contribution in [-0.2, 0) is 4.79 Å². The number of fused-ring (bicyclic) bond motifs is 1. The molecule has 0 aliphatic heterocycles. The monoisotopic (exact) mass is 262 g/mol. The summed E-state index contributed by atoms with van der Waals surface area (Å²) in [5.41, 5.74) is 0.835. The topological polar surface area (TPSA) is 91.7 Å². The van der Waals surface area contributed by atoms with Gasteiger partial charge in [0.2, 0.25) is 5.88 Å². The molecule has 6 nitrogen and oxygen atoms in total. The largest absolute Gasteiger partial charge is 0.480 e. The van der Waals surface area contributed by atoms with Gasteiger partial charge in [-0.25, -0.2) is 4.98 Å². The SMILES string of the molecule is COc1nc(C)nc2[nH]c(SC(C)=O)c(C#N)c12. The lowest BCUT2D eigenvalue weighted by molar-refractivity contribution is -0.109. The number of aromatic nitrogens is 3. The first-order valence-electron chi connectivity index (χ1n) is 5.09. The molecule has 0 saturated carbocycles. The zero-order valence-corrected chi connectivity index (χ0v) is 10.9. The molecule has 2 heterocycles. The number of aryl methyl sites for hydroxylation is 1. The Bertz CT molecular complexity index is 672. The third-order valence-corrected chi connectivity index (χ3v) is 3.05. The first-order valence-corrected chi connectivity index (χ1v) is 5.91. The van der Waals surface area contributed by atoms with Crippen molar-refractivity contribution in [2.45, 2.75) is 18.9 Å². The Hall–Kier alpha value is -2.07. The second-order valence-corrected chi connectivity index (χ2v) is 4.73. The van der Waals surface area contributed by atoms with Crippen LogP contribution in [0, 0.1) is 18.3 Å². The van der Waals surface area contributed by atoms with Crippen molar-refractivity contribution >= 4 is 27.9 Å². The summed E-state index contributed by atoms with van der Waals surface area (Å²) in [4.78, 5) is 22.4. The van der Waals surface area contributed by atoms with Crippen molar-refractivity contribution in [1.82, 2.24) is 15.0 Å².